The molecule has 2 aromatic rings. The van der Waals surface area contributed by atoms with Gasteiger partial charge in [-0.25, -0.2) is 0 Å². The molecule has 2 saturated heterocycles. The van der Waals surface area contributed by atoms with Crippen LogP contribution in [0.1, 0.15) is 12.5 Å². The quantitative estimate of drug-likeness (QED) is 0.517. The molecule has 2 aliphatic rings. The summed E-state index contributed by atoms with van der Waals surface area (Å²) in [6, 6.07) is 12.9. The van der Waals surface area contributed by atoms with Gasteiger partial charge in [-0.15, -0.1) is 0 Å². The number of nitrogens with one attached hydrogen (secondary N) is 1. The Balaban J connectivity index is 1.43. The molecule has 10 heteroatoms. The van der Waals surface area contributed by atoms with Crippen LogP contribution < -0.4 is 15.0 Å². The zero-order valence-corrected chi connectivity index (χ0v) is 21.0. The minimum atomic E-state index is -0.489. The molecule has 0 unspecified atom stereocenters. The molecule has 34 heavy (non-hydrogen) atoms. The third-order valence-electron chi connectivity index (χ3n) is 5.26. The Labute approximate surface area is 210 Å². The smallest absolute Gasteiger partial charge is 0.294 e. The molecule has 1 N–H and O–H groups in total. The van der Waals surface area contributed by atoms with E-state index in [1.807, 2.05) is 31.2 Å². The Morgan fingerprint density at radius 2 is 1.97 bits per heavy atom. The van der Waals surface area contributed by atoms with Crippen molar-refractivity contribution >= 4 is 62.2 Å². The SMILES string of the molecule is CCOc1ccc(/C=C2\SC(=O)N(CC(=O)Nc3ccccc3N3CCOCC3)C2=O)cc1Br. The van der Waals surface area contributed by atoms with Crippen molar-refractivity contribution in [2.75, 3.05) is 49.7 Å². The van der Waals surface area contributed by atoms with Crippen LogP contribution in [0.15, 0.2) is 51.8 Å². The summed E-state index contributed by atoms with van der Waals surface area (Å²) >= 11 is 4.27. The fourth-order valence-corrected chi connectivity index (χ4v) is 5.01. The van der Waals surface area contributed by atoms with Crippen molar-refractivity contribution in [3.8, 4) is 5.75 Å². The van der Waals surface area contributed by atoms with E-state index in [0.717, 1.165) is 45.5 Å². The average molecular weight is 546 g/mol. The molecule has 0 bridgehead atoms. The predicted molar refractivity (Wildman–Crippen MR) is 136 cm³/mol. The molecule has 2 fully saturated rings. The highest BCUT2D eigenvalue weighted by Crippen LogP contribution is 2.34. The van der Waals surface area contributed by atoms with Gasteiger partial charge in [-0.05, 0) is 70.5 Å². The molecule has 178 valence electrons. The van der Waals surface area contributed by atoms with Gasteiger partial charge in [0.15, 0.2) is 0 Å². The molecule has 8 nitrogen and oxygen atoms in total. The second-order valence-corrected chi connectivity index (χ2v) is 9.40. The molecule has 0 aromatic heterocycles. The summed E-state index contributed by atoms with van der Waals surface area (Å²) in [4.78, 5) is 41.5. The van der Waals surface area contributed by atoms with Gasteiger partial charge in [0, 0.05) is 13.1 Å². The van der Waals surface area contributed by atoms with E-state index >= 15 is 0 Å². The van der Waals surface area contributed by atoms with Crippen LogP contribution in [-0.2, 0) is 14.3 Å². The van der Waals surface area contributed by atoms with Crippen LogP contribution in [-0.4, -0.2) is 61.4 Å². The van der Waals surface area contributed by atoms with Crippen molar-refractivity contribution in [1.29, 1.82) is 0 Å². The number of halogens is 1. The molecule has 2 aliphatic heterocycles. The largest absolute Gasteiger partial charge is 0.493 e. The topological polar surface area (TPSA) is 88.2 Å². The van der Waals surface area contributed by atoms with E-state index in [9.17, 15) is 14.4 Å². The van der Waals surface area contributed by atoms with Gasteiger partial charge in [-0.1, -0.05) is 18.2 Å². The zero-order chi connectivity index (χ0) is 24.1. The van der Waals surface area contributed by atoms with Gasteiger partial charge in [0.2, 0.25) is 5.91 Å². The maximum atomic E-state index is 12.9. The Hall–Kier alpha value is -2.82. The second kappa shape index (κ2) is 11.1. The number of hydrogen-bond acceptors (Lipinski definition) is 7. The van der Waals surface area contributed by atoms with Crippen molar-refractivity contribution in [2.24, 2.45) is 0 Å². The third kappa shape index (κ3) is 5.63. The molecule has 2 aromatic carbocycles. The Kier molecular flexibility index (Phi) is 7.91. The predicted octanol–water partition coefficient (Wildman–Crippen LogP) is 4.36. The van der Waals surface area contributed by atoms with Gasteiger partial charge in [0.1, 0.15) is 12.3 Å². The summed E-state index contributed by atoms with van der Waals surface area (Å²) < 4.78 is 11.7. The van der Waals surface area contributed by atoms with Crippen molar-refractivity contribution in [3.63, 3.8) is 0 Å². The summed E-state index contributed by atoms with van der Waals surface area (Å²) in [6.45, 7) is 4.77. The Morgan fingerprint density at radius 1 is 1.21 bits per heavy atom. The van der Waals surface area contributed by atoms with Crippen molar-refractivity contribution < 1.29 is 23.9 Å². The maximum absolute atomic E-state index is 12.9. The fraction of sp³-hybridized carbons (Fsp3) is 0.292. The highest BCUT2D eigenvalue weighted by molar-refractivity contribution is 9.10. The van der Waals surface area contributed by atoms with Gasteiger partial charge in [-0.2, -0.15) is 0 Å². The summed E-state index contributed by atoms with van der Waals surface area (Å²) in [6.07, 6.45) is 1.64. The van der Waals surface area contributed by atoms with E-state index in [4.69, 9.17) is 9.47 Å². The van der Waals surface area contributed by atoms with Crippen LogP contribution in [0.2, 0.25) is 0 Å². The lowest BCUT2D eigenvalue weighted by Gasteiger charge is -2.30. The van der Waals surface area contributed by atoms with Gasteiger partial charge in [0.25, 0.3) is 11.1 Å². The van der Waals surface area contributed by atoms with Crippen LogP contribution in [0.25, 0.3) is 6.08 Å². The van der Waals surface area contributed by atoms with Gasteiger partial charge in [0.05, 0.1) is 40.6 Å². The average Bonchev–Trinajstić information content (AvgIpc) is 3.09. The van der Waals surface area contributed by atoms with E-state index < -0.39 is 17.1 Å². The number of benzene rings is 2. The highest BCUT2D eigenvalue weighted by atomic mass is 79.9. The highest BCUT2D eigenvalue weighted by Gasteiger charge is 2.36. The first-order valence-electron chi connectivity index (χ1n) is 10.9. The fourth-order valence-electron chi connectivity index (χ4n) is 3.66. The minimum absolute atomic E-state index is 0.266. The summed E-state index contributed by atoms with van der Waals surface area (Å²) in [5.41, 5.74) is 2.26. The number of amides is 3. The molecular weight excluding hydrogens is 522 g/mol. The Bertz CT molecular complexity index is 1130. The van der Waals surface area contributed by atoms with Crippen molar-refractivity contribution in [3.05, 3.63) is 57.4 Å². The number of para-hydroxylation sites is 2. The zero-order valence-electron chi connectivity index (χ0n) is 18.6. The molecule has 0 saturated carbocycles. The minimum Gasteiger partial charge on any atom is -0.493 e. The van der Waals surface area contributed by atoms with E-state index in [2.05, 4.69) is 26.1 Å². The Morgan fingerprint density at radius 3 is 2.71 bits per heavy atom. The van der Waals surface area contributed by atoms with E-state index in [0.29, 0.717) is 31.3 Å². The number of anilines is 2. The number of carbonyl (C=O) groups is 3. The number of nitrogens with zero attached hydrogens (tertiary/aromatic N) is 2. The molecule has 3 amide bonds. The van der Waals surface area contributed by atoms with Crippen LogP contribution in [0, 0.1) is 0 Å². The van der Waals surface area contributed by atoms with E-state index in [1.54, 1.807) is 24.3 Å². The number of ether oxygens (including phenoxy) is 2. The first-order chi connectivity index (χ1) is 16.5. The lowest BCUT2D eigenvalue weighted by atomic mass is 10.2. The number of rotatable bonds is 7. The van der Waals surface area contributed by atoms with E-state index in [1.165, 1.54) is 0 Å². The van der Waals surface area contributed by atoms with Crippen molar-refractivity contribution in [2.45, 2.75) is 6.92 Å². The first kappa shape index (κ1) is 24.3. The van der Waals surface area contributed by atoms with Gasteiger partial charge in [-0.3, -0.25) is 19.3 Å². The van der Waals surface area contributed by atoms with Gasteiger partial charge >= 0.3 is 0 Å². The second-order valence-electron chi connectivity index (χ2n) is 7.56. The maximum Gasteiger partial charge on any atom is 0.294 e. The third-order valence-corrected chi connectivity index (χ3v) is 6.79. The molecule has 2 heterocycles. The number of imide groups is 1. The molecule has 0 radical (unpaired) electrons. The summed E-state index contributed by atoms with van der Waals surface area (Å²) in [5, 5.41) is 2.38. The summed E-state index contributed by atoms with van der Waals surface area (Å²) in [5.74, 6) is -0.230. The monoisotopic (exact) mass is 545 g/mol. The van der Waals surface area contributed by atoms with Crippen LogP contribution in [0.5, 0.6) is 5.75 Å². The molecule has 0 spiro atoms. The van der Waals surface area contributed by atoms with Crippen LogP contribution >= 0.6 is 27.7 Å². The number of hydrogen-bond donors (Lipinski definition) is 1. The molecule has 4 rings (SSSR count). The molecular formula is C24H24BrN3O5S. The van der Waals surface area contributed by atoms with Crippen molar-refractivity contribution in [1.82, 2.24) is 4.90 Å². The standard InChI is InChI=1S/C24H24BrN3O5S/c1-2-33-20-8-7-16(13-17(20)25)14-21-23(30)28(24(31)34-21)15-22(29)26-18-5-3-4-6-19(18)27-9-11-32-12-10-27/h3-8,13-14H,2,9-12,15H2,1H3,(H,26,29)/b21-14-. The van der Waals surface area contributed by atoms with Crippen LogP contribution in [0.3, 0.4) is 0 Å². The molecule has 0 atom stereocenters. The number of thioether (sulfide) groups is 1. The summed E-state index contributed by atoms with van der Waals surface area (Å²) in [7, 11) is 0. The molecule has 0 aliphatic carbocycles. The lowest BCUT2D eigenvalue weighted by molar-refractivity contribution is -0.127. The van der Waals surface area contributed by atoms with Gasteiger partial charge < -0.3 is 19.7 Å². The normalized spacial score (nSPS) is 17.4. The number of morpholine rings is 1. The van der Waals surface area contributed by atoms with E-state index in [-0.39, 0.29) is 11.4 Å². The van der Waals surface area contributed by atoms with Crippen LogP contribution in [0.4, 0.5) is 16.2 Å². The first-order valence-corrected chi connectivity index (χ1v) is 12.5. The lowest BCUT2D eigenvalue weighted by Crippen LogP contribution is -2.38. The number of carbonyl (C=O) groups excluding carboxylic acids is 3.